The van der Waals surface area contributed by atoms with E-state index >= 15 is 0 Å². The first-order valence-corrected chi connectivity index (χ1v) is 10.8. The number of carbonyl (C=O) groups is 3. The number of rotatable bonds is 9. The molecule has 12 heteroatoms. The third-order valence-corrected chi connectivity index (χ3v) is 6.06. The molecular weight excluding hydrogens is 468 g/mol. The van der Waals surface area contributed by atoms with Crippen LogP contribution in [0.3, 0.4) is 0 Å². The van der Waals surface area contributed by atoms with Gasteiger partial charge in [-0.25, -0.2) is 9.59 Å². The molecule has 0 unspecified atom stereocenters. The number of esters is 1. The first-order chi connectivity index (χ1) is 16.5. The Morgan fingerprint density at radius 3 is 2.37 bits per heavy atom. The van der Waals surface area contributed by atoms with E-state index < -0.39 is 48.6 Å². The smallest absolute Gasteiger partial charge is 0.342 e. The Balaban J connectivity index is 2.07. The Morgan fingerprint density at radius 2 is 1.77 bits per heavy atom. The van der Waals surface area contributed by atoms with Gasteiger partial charge < -0.3 is 44.5 Å². The lowest BCUT2D eigenvalue weighted by Crippen LogP contribution is -2.61. The van der Waals surface area contributed by atoms with Gasteiger partial charge in [-0.05, 0) is 32.3 Å². The van der Waals surface area contributed by atoms with Gasteiger partial charge in [0.05, 0.1) is 7.11 Å². The van der Waals surface area contributed by atoms with Crippen molar-refractivity contribution < 1.29 is 58.9 Å². The standard InChI is InChI=1S/C23H28O12/c1-9(5-7-13(24)25)4-6-11-18(32-3)10(2)12-8-33-22(31)14(12)19(11)34-23-17(28)15(26)16(27)20(35-23)21(29)30/h4,15-17,20,23,26-28H,5-8H2,1-3H3,(H,24,25)(H,29,30)/b9-4+/t15-,16-,17+,20-,23+/m0/s1. The fraction of sp³-hybridized carbons (Fsp3) is 0.522. The summed E-state index contributed by atoms with van der Waals surface area (Å²) >= 11 is 0. The minimum Gasteiger partial charge on any atom is -0.496 e. The molecular formula is C23H28O12. The van der Waals surface area contributed by atoms with Crippen LogP contribution in [0.2, 0.25) is 0 Å². The van der Waals surface area contributed by atoms with E-state index in [0.29, 0.717) is 22.4 Å². The molecule has 12 nitrogen and oxygen atoms in total. The van der Waals surface area contributed by atoms with Crippen LogP contribution < -0.4 is 9.47 Å². The number of aliphatic hydroxyl groups excluding tert-OH is 3. The van der Waals surface area contributed by atoms with Gasteiger partial charge in [0.15, 0.2) is 6.10 Å². The maximum absolute atomic E-state index is 12.6. The molecule has 1 saturated heterocycles. The number of allylic oxidation sites excluding steroid dienone is 2. The minimum atomic E-state index is -1.91. The number of aliphatic hydroxyl groups is 3. The number of benzene rings is 1. The van der Waals surface area contributed by atoms with Gasteiger partial charge in [0, 0.05) is 17.5 Å². The molecule has 0 aromatic heterocycles. The predicted molar refractivity (Wildman–Crippen MR) is 116 cm³/mol. The van der Waals surface area contributed by atoms with Crippen molar-refractivity contribution in [1.29, 1.82) is 0 Å². The number of methoxy groups -OCH3 is 1. The summed E-state index contributed by atoms with van der Waals surface area (Å²) in [7, 11) is 1.41. The van der Waals surface area contributed by atoms with Gasteiger partial charge in [0.1, 0.15) is 42.0 Å². The van der Waals surface area contributed by atoms with Crippen molar-refractivity contribution in [2.75, 3.05) is 7.11 Å². The van der Waals surface area contributed by atoms with E-state index in [0.717, 1.165) is 5.57 Å². The molecule has 3 rings (SSSR count). The maximum atomic E-state index is 12.6. The quantitative estimate of drug-likeness (QED) is 0.233. The topological polar surface area (TPSA) is 189 Å². The number of carboxylic acids is 2. The summed E-state index contributed by atoms with van der Waals surface area (Å²) in [6, 6.07) is 0. The van der Waals surface area contributed by atoms with Crippen LogP contribution >= 0.6 is 0 Å². The van der Waals surface area contributed by atoms with Crippen molar-refractivity contribution >= 4 is 17.9 Å². The van der Waals surface area contributed by atoms with Crippen LogP contribution in [0.5, 0.6) is 11.5 Å². The average molecular weight is 496 g/mol. The van der Waals surface area contributed by atoms with Crippen LogP contribution in [0, 0.1) is 6.92 Å². The van der Waals surface area contributed by atoms with Crippen LogP contribution in [0.15, 0.2) is 11.6 Å². The van der Waals surface area contributed by atoms with Gasteiger partial charge >= 0.3 is 17.9 Å². The molecule has 2 aliphatic rings. The van der Waals surface area contributed by atoms with Gasteiger partial charge in [0.2, 0.25) is 6.29 Å². The highest BCUT2D eigenvalue weighted by atomic mass is 16.7. The number of aliphatic carboxylic acids is 2. The zero-order chi connectivity index (χ0) is 26.0. The molecule has 35 heavy (non-hydrogen) atoms. The highest BCUT2D eigenvalue weighted by Gasteiger charge is 2.49. The molecule has 5 atom stereocenters. The van der Waals surface area contributed by atoms with Crippen molar-refractivity contribution in [2.24, 2.45) is 0 Å². The molecule has 0 spiro atoms. The van der Waals surface area contributed by atoms with Gasteiger partial charge in [-0.2, -0.15) is 0 Å². The zero-order valence-corrected chi connectivity index (χ0v) is 19.4. The first kappa shape index (κ1) is 26.4. The highest BCUT2D eigenvalue weighted by Crippen LogP contribution is 2.44. The van der Waals surface area contributed by atoms with Crippen LogP contribution in [0.25, 0.3) is 0 Å². The second-order valence-electron chi connectivity index (χ2n) is 8.40. The lowest BCUT2D eigenvalue weighted by atomic mass is 9.94. The van der Waals surface area contributed by atoms with E-state index in [9.17, 15) is 34.8 Å². The maximum Gasteiger partial charge on any atom is 0.342 e. The first-order valence-electron chi connectivity index (χ1n) is 10.8. The third kappa shape index (κ3) is 5.25. The summed E-state index contributed by atoms with van der Waals surface area (Å²) in [4.78, 5) is 35.0. The SMILES string of the molecule is COc1c(C)c2c(c(O[C@@H]3O[C@H](C(=O)O)[C@@H](O)[C@H](O)[C@H]3O)c1C/C=C(\C)CCC(=O)O)C(=O)OC2. The summed E-state index contributed by atoms with van der Waals surface area (Å²) in [6.07, 6.45) is -7.23. The molecule has 192 valence electrons. The molecule has 2 aliphatic heterocycles. The molecule has 1 aromatic carbocycles. The van der Waals surface area contributed by atoms with Crippen LogP contribution in [-0.2, 0) is 32.1 Å². The van der Waals surface area contributed by atoms with E-state index in [1.807, 2.05) is 0 Å². The summed E-state index contributed by atoms with van der Waals surface area (Å²) < 4.78 is 21.8. The number of ether oxygens (including phenoxy) is 4. The molecule has 0 saturated carbocycles. The van der Waals surface area contributed by atoms with E-state index in [-0.39, 0.29) is 37.2 Å². The van der Waals surface area contributed by atoms with Gasteiger partial charge in [-0.15, -0.1) is 0 Å². The number of carbonyl (C=O) groups excluding carboxylic acids is 1. The number of fused-ring (bicyclic) bond motifs is 1. The number of carboxylic acid groups (broad SMARTS) is 2. The van der Waals surface area contributed by atoms with Crippen LogP contribution in [-0.4, -0.2) is 81.3 Å². The Hall–Kier alpha value is -3.19. The number of hydrogen-bond acceptors (Lipinski definition) is 10. The summed E-state index contributed by atoms with van der Waals surface area (Å²) in [5.41, 5.74) is 2.22. The van der Waals surface area contributed by atoms with Crippen molar-refractivity contribution in [3.8, 4) is 11.5 Å². The molecule has 2 heterocycles. The third-order valence-electron chi connectivity index (χ3n) is 6.06. The minimum absolute atomic E-state index is 0.0400. The van der Waals surface area contributed by atoms with Crippen LogP contribution in [0.4, 0.5) is 0 Å². The summed E-state index contributed by atoms with van der Waals surface area (Å²) in [5.74, 6) is -2.99. The predicted octanol–water partition coefficient (Wildman–Crippen LogP) is 0.299. The number of hydrogen-bond donors (Lipinski definition) is 5. The average Bonchev–Trinajstić information content (AvgIpc) is 3.19. The fourth-order valence-corrected chi connectivity index (χ4v) is 4.09. The van der Waals surface area contributed by atoms with Crippen molar-refractivity contribution in [3.05, 3.63) is 33.9 Å². The second-order valence-corrected chi connectivity index (χ2v) is 8.40. The van der Waals surface area contributed by atoms with Crippen molar-refractivity contribution in [3.63, 3.8) is 0 Å². The molecule has 1 aromatic rings. The molecule has 1 fully saturated rings. The van der Waals surface area contributed by atoms with Crippen molar-refractivity contribution in [2.45, 2.75) is 70.4 Å². The van der Waals surface area contributed by atoms with E-state index in [1.54, 1.807) is 19.9 Å². The van der Waals surface area contributed by atoms with E-state index in [2.05, 4.69) is 0 Å². The highest BCUT2D eigenvalue weighted by molar-refractivity contribution is 5.98. The van der Waals surface area contributed by atoms with Crippen LogP contribution in [0.1, 0.15) is 46.8 Å². The van der Waals surface area contributed by atoms with Crippen molar-refractivity contribution in [1.82, 2.24) is 0 Å². The zero-order valence-electron chi connectivity index (χ0n) is 19.4. The number of cyclic esters (lactones) is 1. The van der Waals surface area contributed by atoms with Gasteiger partial charge in [0.25, 0.3) is 0 Å². The lowest BCUT2D eigenvalue weighted by molar-refractivity contribution is -0.271. The Kier molecular flexibility index (Phi) is 8.00. The second kappa shape index (κ2) is 10.6. The summed E-state index contributed by atoms with van der Waals surface area (Å²) in [6.45, 7) is 3.40. The lowest BCUT2D eigenvalue weighted by Gasteiger charge is -2.39. The molecule has 0 radical (unpaired) electrons. The molecule has 5 N–H and O–H groups in total. The fourth-order valence-electron chi connectivity index (χ4n) is 4.09. The van der Waals surface area contributed by atoms with Gasteiger partial charge in [-0.3, -0.25) is 4.79 Å². The van der Waals surface area contributed by atoms with Gasteiger partial charge in [-0.1, -0.05) is 11.6 Å². The monoisotopic (exact) mass is 496 g/mol. The molecule has 0 aliphatic carbocycles. The summed E-state index contributed by atoms with van der Waals surface area (Å²) in [5, 5.41) is 48.8. The Bertz CT molecular complexity index is 1050. The largest absolute Gasteiger partial charge is 0.496 e. The molecule has 0 bridgehead atoms. The normalized spacial score (nSPS) is 26.2. The van der Waals surface area contributed by atoms with E-state index in [1.165, 1.54) is 7.11 Å². The Morgan fingerprint density at radius 1 is 1.09 bits per heavy atom. The van der Waals surface area contributed by atoms with E-state index in [4.69, 9.17) is 24.1 Å². The Labute approximate surface area is 200 Å². The molecule has 0 amide bonds.